The Morgan fingerprint density at radius 2 is 2.11 bits per heavy atom. The average molecular weight is 272 g/mol. The predicted octanol–water partition coefficient (Wildman–Crippen LogP) is 0.294. The first-order valence-electron chi connectivity index (χ1n) is 6.71. The number of nitrogens with two attached hydrogens (primary N) is 1. The van der Waals surface area contributed by atoms with Crippen LogP contribution in [0.25, 0.3) is 0 Å². The molecule has 1 amide bonds. The highest BCUT2D eigenvalue weighted by Gasteiger charge is 2.29. The Hall–Kier alpha value is -1.14. The molecular weight excluding hydrogens is 248 g/mol. The van der Waals surface area contributed by atoms with Gasteiger partial charge in [0, 0.05) is 26.2 Å². The van der Waals surface area contributed by atoms with Crippen molar-refractivity contribution in [2.45, 2.75) is 44.2 Å². The van der Waals surface area contributed by atoms with E-state index in [9.17, 15) is 9.59 Å². The highest BCUT2D eigenvalue weighted by molar-refractivity contribution is 5.78. The minimum Gasteiger partial charge on any atom is -0.469 e. The lowest BCUT2D eigenvalue weighted by Crippen LogP contribution is -2.46. The van der Waals surface area contributed by atoms with Crippen molar-refractivity contribution in [2.24, 2.45) is 5.73 Å². The van der Waals surface area contributed by atoms with Gasteiger partial charge in [0.1, 0.15) is 0 Å². The second-order valence-electron chi connectivity index (χ2n) is 4.81. The molecule has 1 fully saturated rings. The number of rotatable bonds is 6. The number of nitrogens with zero attached hydrogens (tertiary/aromatic N) is 1. The third-order valence-electron chi connectivity index (χ3n) is 3.58. The maximum Gasteiger partial charge on any atom is 0.307 e. The van der Waals surface area contributed by atoms with Crippen LogP contribution in [0.4, 0.5) is 0 Å². The molecule has 0 radical (unpaired) electrons. The first kappa shape index (κ1) is 15.9. The fourth-order valence-corrected chi connectivity index (χ4v) is 2.39. The molecule has 0 aliphatic carbocycles. The molecule has 0 aromatic rings. The molecule has 0 bridgehead atoms. The highest BCUT2D eigenvalue weighted by Crippen LogP contribution is 2.21. The number of ether oxygens (including phenoxy) is 2. The van der Waals surface area contributed by atoms with Gasteiger partial charge in [-0.2, -0.15) is 0 Å². The van der Waals surface area contributed by atoms with Crippen molar-refractivity contribution < 1.29 is 19.1 Å². The van der Waals surface area contributed by atoms with Gasteiger partial charge in [-0.05, 0) is 19.3 Å². The summed E-state index contributed by atoms with van der Waals surface area (Å²) >= 11 is 0. The van der Waals surface area contributed by atoms with E-state index < -0.39 is 0 Å². The summed E-state index contributed by atoms with van der Waals surface area (Å²) in [6, 6.07) is -0.0519. The minimum atomic E-state index is -0.271. The quantitative estimate of drug-likeness (QED) is 0.703. The fourth-order valence-electron chi connectivity index (χ4n) is 2.39. The molecule has 1 heterocycles. The topological polar surface area (TPSA) is 81.9 Å². The molecule has 0 saturated carbocycles. The van der Waals surface area contributed by atoms with Gasteiger partial charge in [-0.3, -0.25) is 9.59 Å². The summed E-state index contributed by atoms with van der Waals surface area (Å²) in [5.74, 6) is -0.266. The van der Waals surface area contributed by atoms with Crippen molar-refractivity contribution >= 4 is 11.9 Å². The summed E-state index contributed by atoms with van der Waals surface area (Å²) in [7, 11) is 2.92. The van der Waals surface area contributed by atoms with E-state index in [1.165, 1.54) is 7.11 Å². The predicted molar refractivity (Wildman–Crippen MR) is 70.5 cm³/mol. The molecule has 6 heteroatoms. The number of piperidine rings is 1. The van der Waals surface area contributed by atoms with Crippen molar-refractivity contribution in [1.29, 1.82) is 0 Å². The average Bonchev–Trinajstić information content (AvgIpc) is 2.44. The molecule has 2 N–H and O–H groups in total. The molecule has 110 valence electrons. The number of esters is 1. The third kappa shape index (κ3) is 4.80. The van der Waals surface area contributed by atoms with Crippen LogP contribution >= 0.6 is 0 Å². The Balaban J connectivity index is 2.60. The lowest BCUT2D eigenvalue weighted by molar-refractivity contribution is -0.145. The molecule has 6 nitrogen and oxygen atoms in total. The maximum atomic E-state index is 12.2. The number of carbonyl (C=O) groups excluding carboxylic acids is 2. The number of methoxy groups -OCH3 is 2. The van der Waals surface area contributed by atoms with Crippen LogP contribution in [0.15, 0.2) is 0 Å². The van der Waals surface area contributed by atoms with Crippen molar-refractivity contribution in [3.8, 4) is 0 Å². The fraction of sp³-hybridized carbons (Fsp3) is 0.846. The van der Waals surface area contributed by atoms with Gasteiger partial charge in [0.2, 0.25) is 5.91 Å². The molecule has 2 unspecified atom stereocenters. The molecule has 0 aromatic carbocycles. The summed E-state index contributed by atoms with van der Waals surface area (Å²) in [6.07, 6.45) is 3.14. The summed E-state index contributed by atoms with van der Waals surface area (Å²) < 4.78 is 9.82. The van der Waals surface area contributed by atoms with Gasteiger partial charge in [-0.25, -0.2) is 0 Å². The van der Waals surface area contributed by atoms with Crippen LogP contribution in [-0.4, -0.2) is 56.2 Å². The van der Waals surface area contributed by atoms with Gasteiger partial charge in [-0.15, -0.1) is 0 Å². The SMILES string of the molecule is COC(=O)CC1CCCCN1C(=O)CC(CN)OC. The van der Waals surface area contributed by atoms with E-state index >= 15 is 0 Å². The molecule has 1 aliphatic heterocycles. The van der Waals surface area contributed by atoms with Gasteiger partial charge in [-0.1, -0.05) is 0 Å². The molecule has 1 rings (SSSR count). The van der Waals surface area contributed by atoms with Crippen molar-refractivity contribution in [1.82, 2.24) is 4.90 Å². The third-order valence-corrected chi connectivity index (χ3v) is 3.58. The second kappa shape index (κ2) is 8.12. The minimum absolute atomic E-state index is 0.00547. The second-order valence-corrected chi connectivity index (χ2v) is 4.81. The van der Waals surface area contributed by atoms with Crippen LogP contribution in [0, 0.1) is 0 Å². The summed E-state index contributed by atoms with van der Waals surface area (Å²) in [5, 5.41) is 0. The smallest absolute Gasteiger partial charge is 0.307 e. The maximum absolute atomic E-state index is 12.2. The number of hydrogen-bond donors (Lipinski definition) is 1. The van der Waals surface area contributed by atoms with Crippen LogP contribution < -0.4 is 5.73 Å². The van der Waals surface area contributed by atoms with E-state index in [1.807, 2.05) is 0 Å². The summed E-state index contributed by atoms with van der Waals surface area (Å²) in [4.78, 5) is 25.4. The normalized spacial score (nSPS) is 21.0. The Labute approximate surface area is 114 Å². The molecule has 2 atom stereocenters. The first-order valence-corrected chi connectivity index (χ1v) is 6.71. The highest BCUT2D eigenvalue weighted by atomic mass is 16.5. The van der Waals surface area contributed by atoms with Gasteiger partial charge >= 0.3 is 5.97 Å². The molecular formula is C13H24N2O4. The van der Waals surface area contributed by atoms with Crippen LogP contribution in [0.2, 0.25) is 0 Å². The zero-order valence-corrected chi connectivity index (χ0v) is 11.8. The van der Waals surface area contributed by atoms with E-state index in [4.69, 9.17) is 10.5 Å². The van der Waals surface area contributed by atoms with Crippen LogP contribution in [0.1, 0.15) is 32.1 Å². The Morgan fingerprint density at radius 3 is 2.68 bits per heavy atom. The molecule has 1 saturated heterocycles. The Morgan fingerprint density at radius 1 is 1.37 bits per heavy atom. The van der Waals surface area contributed by atoms with Gasteiger partial charge in [0.15, 0.2) is 0 Å². The lowest BCUT2D eigenvalue weighted by Gasteiger charge is -2.36. The van der Waals surface area contributed by atoms with Crippen molar-refractivity contribution in [3.63, 3.8) is 0 Å². The lowest BCUT2D eigenvalue weighted by atomic mass is 9.98. The largest absolute Gasteiger partial charge is 0.469 e. The number of hydrogen-bond acceptors (Lipinski definition) is 5. The Bertz CT molecular complexity index is 305. The van der Waals surface area contributed by atoms with Crippen molar-refractivity contribution in [2.75, 3.05) is 27.3 Å². The van der Waals surface area contributed by atoms with Crippen LogP contribution in [-0.2, 0) is 19.1 Å². The van der Waals surface area contributed by atoms with Crippen LogP contribution in [0.3, 0.4) is 0 Å². The van der Waals surface area contributed by atoms with E-state index in [2.05, 4.69) is 4.74 Å². The zero-order chi connectivity index (χ0) is 14.3. The Kier molecular flexibility index (Phi) is 6.80. The summed E-state index contributed by atoms with van der Waals surface area (Å²) in [5.41, 5.74) is 5.53. The van der Waals surface area contributed by atoms with Crippen LogP contribution in [0.5, 0.6) is 0 Å². The molecule has 0 aromatic heterocycles. The first-order chi connectivity index (χ1) is 9.12. The van der Waals surface area contributed by atoms with E-state index in [1.54, 1.807) is 12.0 Å². The van der Waals surface area contributed by atoms with Gasteiger partial charge in [0.25, 0.3) is 0 Å². The van der Waals surface area contributed by atoms with E-state index in [-0.39, 0.29) is 36.9 Å². The van der Waals surface area contributed by atoms with Crippen molar-refractivity contribution in [3.05, 3.63) is 0 Å². The van der Waals surface area contributed by atoms with E-state index in [0.717, 1.165) is 19.3 Å². The monoisotopic (exact) mass is 272 g/mol. The number of likely N-dealkylation sites (tertiary alicyclic amines) is 1. The van der Waals surface area contributed by atoms with Gasteiger partial charge in [0.05, 0.1) is 26.1 Å². The molecule has 1 aliphatic rings. The summed E-state index contributed by atoms with van der Waals surface area (Å²) in [6.45, 7) is 1.01. The number of amides is 1. The van der Waals surface area contributed by atoms with Gasteiger partial charge < -0.3 is 20.1 Å². The molecule has 0 spiro atoms. The number of carbonyl (C=O) groups is 2. The standard InChI is InChI=1S/C13H24N2O4/c1-18-11(9-14)8-12(16)15-6-4-3-5-10(15)7-13(17)19-2/h10-11H,3-9,14H2,1-2H3. The zero-order valence-electron chi connectivity index (χ0n) is 11.8. The molecule has 19 heavy (non-hydrogen) atoms. The van der Waals surface area contributed by atoms with E-state index in [0.29, 0.717) is 13.1 Å².